The summed E-state index contributed by atoms with van der Waals surface area (Å²) in [5, 5.41) is 54.7. The molecule has 1 aliphatic heterocycles. The highest BCUT2D eigenvalue weighted by atomic mass is 16.5. The minimum atomic E-state index is -1.11. The molecule has 11 atom stereocenters. The van der Waals surface area contributed by atoms with Crippen LogP contribution in [0.1, 0.15) is 106 Å². The van der Waals surface area contributed by atoms with E-state index in [0.717, 1.165) is 32.1 Å². The Morgan fingerprint density at radius 3 is 2.14 bits per heavy atom. The third-order valence-electron chi connectivity index (χ3n) is 12.8. The van der Waals surface area contributed by atoms with E-state index in [9.17, 15) is 30.3 Å². The van der Waals surface area contributed by atoms with Crippen LogP contribution in [0.3, 0.4) is 0 Å². The summed E-state index contributed by atoms with van der Waals surface area (Å²) in [6.07, 6.45) is 4.36. The number of hydrogen-bond acceptors (Lipinski definition) is 6. The molecule has 0 aromatic heterocycles. The topological polar surface area (TPSA) is 127 Å². The lowest BCUT2D eigenvalue weighted by molar-refractivity contribution is -0.205. The summed E-state index contributed by atoms with van der Waals surface area (Å²) < 4.78 is 6.61. The Bertz CT molecular complexity index is 953. The lowest BCUT2D eigenvalue weighted by Crippen LogP contribution is -2.61. The smallest absolute Gasteiger partial charge is 0.303 e. The summed E-state index contributed by atoms with van der Waals surface area (Å²) >= 11 is 0. The van der Waals surface area contributed by atoms with E-state index in [0.29, 0.717) is 19.3 Å². The van der Waals surface area contributed by atoms with E-state index in [-0.39, 0.29) is 46.5 Å². The standard InChI is InChI=1S/C30H50O7/c1-24(2,35)20-8-10-28(7,37-20)23-18(32)15-27(6)19-14-17(31)22(25(3,4)36)30(11-9-21(33)34)16-29(19,30)13-12-26(23,27)5/h17-20,22-23,31-32,35-36H,8-16H2,1-7H3,(H,33,34)/t17-,18-,19?,20-,22-,23-,26+,27-,28+,29-,30+/m0/s1. The Balaban J connectivity index is 1.53. The van der Waals surface area contributed by atoms with Gasteiger partial charge in [0.25, 0.3) is 0 Å². The monoisotopic (exact) mass is 522 g/mol. The first kappa shape index (κ1) is 27.8. The van der Waals surface area contributed by atoms with Crippen molar-refractivity contribution in [2.24, 2.45) is 39.4 Å². The number of fused-ring (bicyclic) bond motifs is 2. The minimum absolute atomic E-state index is 0.0389. The third kappa shape index (κ3) is 3.59. The molecule has 5 rings (SSSR count). The highest BCUT2D eigenvalue weighted by Crippen LogP contribution is 2.87. The molecule has 7 heteroatoms. The second-order valence-electron chi connectivity index (χ2n) is 15.6. The zero-order valence-electron chi connectivity index (χ0n) is 23.9. The van der Waals surface area contributed by atoms with Crippen molar-refractivity contribution in [2.75, 3.05) is 0 Å². The van der Waals surface area contributed by atoms with Gasteiger partial charge in [0.2, 0.25) is 0 Å². The molecule has 1 unspecified atom stereocenters. The second kappa shape index (κ2) is 7.93. The maximum absolute atomic E-state index is 11.7. The van der Waals surface area contributed by atoms with Crippen molar-refractivity contribution in [3.8, 4) is 0 Å². The van der Waals surface area contributed by atoms with Gasteiger partial charge in [-0.05, 0) is 114 Å². The van der Waals surface area contributed by atoms with Gasteiger partial charge >= 0.3 is 5.97 Å². The molecule has 5 aliphatic rings. The van der Waals surface area contributed by atoms with Crippen LogP contribution in [0, 0.1) is 39.4 Å². The first-order valence-corrected chi connectivity index (χ1v) is 14.5. The van der Waals surface area contributed by atoms with Crippen molar-refractivity contribution in [2.45, 2.75) is 141 Å². The maximum atomic E-state index is 11.7. The fourth-order valence-electron chi connectivity index (χ4n) is 11.4. The molecule has 1 heterocycles. The van der Waals surface area contributed by atoms with E-state index in [1.165, 1.54) is 0 Å². The molecular weight excluding hydrogens is 472 g/mol. The largest absolute Gasteiger partial charge is 0.481 e. The van der Waals surface area contributed by atoms with Gasteiger partial charge in [-0.3, -0.25) is 4.79 Å². The normalized spacial score (nSPS) is 53.4. The fraction of sp³-hybridized carbons (Fsp3) is 0.967. The lowest BCUT2D eigenvalue weighted by Gasteiger charge is -2.62. The quantitative estimate of drug-likeness (QED) is 0.358. The van der Waals surface area contributed by atoms with E-state index in [1.807, 2.05) is 0 Å². The summed E-state index contributed by atoms with van der Waals surface area (Å²) in [6.45, 7) is 13.8. The number of carboxylic acids is 1. The minimum Gasteiger partial charge on any atom is -0.481 e. The van der Waals surface area contributed by atoms with E-state index in [1.54, 1.807) is 27.7 Å². The zero-order chi connectivity index (χ0) is 27.6. The number of aliphatic hydroxyl groups excluding tert-OH is 2. The van der Waals surface area contributed by atoms with Gasteiger partial charge in [0.05, 0.1) is 35.1 Å². The average Bonchev–Trinajstić information content (AvgIpc) is 3.10. The molecule has 0 amide bonds. The Morgan fingerprint density at radius 2 is 1.59 bits per heavy atom. The number of aliphatic hydroxyl groups is 4. The van der Waals surface area contributed by atoms with Gasteiger partial charge < -0.3 is 30.3 Å². The van der Waals surface area contributed by atoms with Crippen molar-refractivity contribution in [3.05, 3.63) is 0 Å². The number of aliphatic carboxylic acids is 1. The predicted molar refractivity (Wildman–Crippen MR) is 139 cm³/mol. The third-order valence-corrected chi connectivity index (χ3v) is 12.8. The number of rotatable bonds is 6. The first-order valence-electron chi connectivity index (χ1n) is 14.5. The number of ether oxygens (including phenoxy) is 1. The van der Waals surface area contributed by atoms with Gasteiger partial charge in [0, 0.05) is 18.3 Å². The van der Waals surface area contributed by atoms with Gasteiger partial charge in [-0.2, -0.15) is 0 Å². The molecule has 0 aromatic rings. The zero-order valence-corrected chi connectivity index (χ0v) is 23.9. The summed E-state index contributed by atoms with van der Waals surface area (Å²) in [5.74, 6) is -1.16. The molecule has 4 aliphatic carbocycles. The molecule has 0 radical (unpaired) electrons. The molecule has 1 spiro atoms. The number of hydrogen-bond donors (Lipinski definition) is 5. The van der Waals surface area contributed by atoms with E-state index >= 15 is 0 Å². The molecule has 5 N–H and O–H groups in total. The summed E-state index contributed by atoms with van der Waals surface area (Å²) in [7, 11) is 0. The van der Waals surface area contributed by atoms with Crippen LogP contribution in [-0.4, -0.2) is 66.6 Å². The Morgan fingerprint density at radius 1 is 0.946 bits per heavy atom. The van der Waals surface area contributed by atoms with Gasteiger partial charge in [0.15, 0.2) is 0 Å². The molecule has 4 saturated carbocycles. The highest BCUT2D eigenvalue weighted by Gasteiger charge is 2.83. The average molecular weight is 523 g/mol. The molecule has 7 nitrogen and oxygen atoms in total. The Kier molecular flexibility index (Phi) is 5.96. The van der Waals surface area contributed by atoms with Crippen molar-refractivity contribution >= 4 is 5.97 Å². The highest BCUT2D eigenvalue weighted by molar-refractivity contribution is 5.67. The van der Waals surface area contributed by atoms with Gasteiger partial charge in [-0.1, -0.05) is 13.8 Å². The summed E-state index contributed by atoms with van der Waals surface area (Å²) in [6, 6.07) is 0. The molecule has 0 aromatic carbocycles. The van der Waals surface area contributed by atoms with Crippen molar-refractivity contribution in [1.29, 1.82) is 0 Å². The van der Waals surface area contributed by atoms with Gasteiger partial charge in [-0.15, -0.1) is 0 Å². The van der Waals surface area contributed by atoms with Crippen LogP contribution in [0.5, 0.6) is 0 Å². The molecule has 37 heavy (non-hydrogen) atoms. The summed E-state index contributed by atoms with van der Waals surface area (Å²) in [5.41, 5.74) is -3.61. The first-order chi connectivity index (χ1) is 16.8. The van der Waals surface area contributed by atoms with Crippen LogP contribution in [-0.2, 0) is 9.53 Å². The van der Waals surface area contributed by atoms with Crippen LogP contribution < -0.4 is 0 Å². The SMILES string of the molecule is CC(C)(O)[C@@H]1CC[C@](C)([C@H]2[C@@H](O)C[C@@]3(C)C4C[C@H](O)[C@@H](C(C)(C)O)[C@@]5(CCC(=O)O)C[C@@]45CC[C@]23C)O1. The van der Waals surface area contributed by atoms with E-state index in [2.05, 4.69) is 20.8 Å². The van der Waals surface area contributed by atoms with Crippen LogP contribution in [0.15, 0.2) is 0 Å². The molecule has 5 fully saturated rings. The lowest BCUT2D eigenvalue weighted by atomic mass is 9.42. The Hall–Kier alpha value is -0.730. The van der Waals surface area contributed by atoms with E-state index < -0.39 is 40.4 Å². The van der Waals surface area contributed by atoms with Crippen LogP contribution >= 0.6 is 0 Å². The second-order valence-corrected chi connectivity index (χ2v) is 15.6. The van der Waals surface area contributed by atoms with Crippen LogP contribution in [0.25, 0.3) is 0 Å². The number of carbonyl (C=O) groups is 1. The summed E-state index contributed by atoms with van der Waals surface area (Å²) in [4.78, 5) is 11.7. The predicted octanol–water partition coefficient (Wildman–Crippen LogP) is 3.89. The van der Waals surface area contributed by atoms with Crippen LogP contribution in [0.2, 0.25) is 0 Å². The van der Waals surface area contributed by atoms with Crippen molar-refractivity contribution < 1.29 is 35.1 Å². The van der Waals surface area contributed by atoms with Gasteiger partial charge in [-0.25, -0.2) is 0 Å². The maximum Gasteiger partial charge on any atom is 0.303 e. The molecule has 212 valence electrons. The fourth-order valence-corrected chi connectivity index (χ4v) is 11.4. The molecular formula is C30H50O7. The Labute approximate surface area is 222 Å². The number of carboxylic acid groups (broad SMARTS) is 1. The van der Waals surface area contributed by atoms with Crippen molar-refractivity contribution in [3.63, 3.8) is 0 Å². The van der Waals surface area contributed by atoms with Gasteiger partial charge in [0.1, 0.15) is 0 Å². The van der Waals surface area contributed by atoms with Crippen LogP contribution in [0.4, 0.5) is 0 Å². The molecule has 1 saturated heterocycles. The van der Waals surface area contributed by atoms with E-state index in [4.69, 9.17) is 4.74 Å². The molecule has 0 bridgehead atoms. The van der Waals surface area contributed by atoms with Crippen molar-refractivity contribution in [1.82, 2.24) is 0 Å².